The van der Waals surface area contributed by atoms with Crippen LogP contribution in [0.2, 0.25) is 0 Å². The Bertz CT molecular complexity index is 601. The molecule has 2 aliphatic rings. The Morgan fingerprint density at radius 3 is 3.00 bits per heavy atom. The van der Waals surface area contributed by atoms with Gasteiger partial charge in [-0.3, -0.25) is 4.90 Å². The van der Waals surface area contributed by atoms with E-state index < -0.39 is 11.7 Å². The molecule has 1 saturated heterocycles. The number of urea groups is 1. The van der Waals surface area contributed by atoms with Crippen molar-refractivity contribution < 1.29 is 19.4 Å². The number of nitrogens with zero attached hydrogens (tertiary/aromatic N) is 1. The van der Waals surface area contributed by atoms with Crippen LogP contribution in [0.4, 0.5) is 4.79 Å². The van der Waals surface area contributed by atoms with E-state index >= 15 is 0 Å². The van der Waals surface area contributed by atoms with Crippen LogP contribution >= 0.6 is 0 Å². The van der Waals surface area contributed by atoms with E-state index in [0.29, 0.717) is 18.7 Å². The highest BCUT2D eigenvalue weighted by atomic mass is 16.5. The monoisotopic (exact) mass is 276 g/mol. The summed E-state index contributed by atoms with van der Waals surface area (Å²) < 4.78 is 5.97. The second-order valence-electron chi connectivity index (χ2n) is 5.29. The predicted octanol–water partition coefficient (Wildman–Crippen LogP) is 1.97. The van der Waals surface area contributed by atoms with Crippen molar-refractivity contribution in [2.45, 2.75) is 32.0 Å². The average Bonchev–Trinajstić information content (AvgIpc) is 2.37. The number of hydrogen-bond acceptors (Lipinski definition) is 3. The molecule has 1 aromatic carbocycles. The third-order valence-corrected chi connectivity index (χ3v) is 3.97. The number of benzene rings is 1. The lowest BCUT2D eigenvalue weighted by Crippen LogP contribution is -2.64. The minimum atomic E-state index is -0.988. The molecule has 1 fully saturated rings. The number of carbonyl (C=O) groups excluding carboxylic acids is 1. The molecule has 0 aliphatic carbocycles. The standard InChI is InChI=1S/C14H16N2O4/c1-3-16-13(19)15-10-7-14(16,2)20-11-5-4-8(12(17)18)6-9(10)11/h4-6,10H,3,7H2,1-2H3,(H,15,19)(H,17,18)/t10-,14-/m1/s1. The topological polar surface area (TPSA) is 78.9 Å². The lowest BCUT2D eigenvalue weighted by molar-refractivity contribution is -0.0815. The summed E-state index contributed by atoms with van der Waals surface area (Å²) in [5.74, 6) is -0.356. The Kier molecular flexibility index (Phi) is 2.64. The first-order chi connectivity index (χ1) is 9.44. The maximum Gasteiger partial charge on any atom is 0.335 e. The van der Waals surface area contributed by atoms with Crippen molar-refractivity contribution in [3.8, 4) is 5.75 Å². The van der Waals surface area contributed by atoms with Crippen LogP contribution in [0.1, 0.15) is 42.2 Å². The van der Waals surface area contributed by atoms with Crippen LogP contribution in [0.5, 0.6) is 5.75 Å². The highest BCUT2D eigenvalue weighted by Crippen LogP contribution is 2.44. The van der Waals surface area contributed by atoms with Gasteiger partial charge >= 0.3 is 12.0 Å². The SMILES string of the molecule is CCN1C(=O)N[C@@H]2C[C@@]1(C)Oc1ccc(C(=O)O)cc12. The van der Waals surface area contributed by atoms with Crippen LogP contribution in [0, 0.1) is 0 Å². The van der Waals surface area contributed by atoms with Gasteiger partial charge in [-0.05, 0) is 32.0 Å². The van der Waals surface area contributed by atoms with Crippen molar-refractivity contribution in [1.82, 2.24) is 10.2 Å². The molecule has 3 rings (SSSR count). The maximum absolute atomic E-state index is 12.1. The number of nitrogens with one attached hydrogen (secondary N) is 1. The number of carbonyl (C=O) groups is 2. The Balaban J connectivity index is 2.07. The molecular weight excluding hydrogens is 260 g/mol. The van der Waals surface area contributed by atoms with Crippen molar-refractivity contribution >= 4 is 12.0 Å². The Morgan fingerprint density at radius 2 is 2.35 bits per heavy atom. The van der Waals surface area contributed by atoms with E-state index in [4.69, 9.17) is 9.84 Å². The average molecular weight is 276 g/mol. The van der Waals surface area contributed by atoms with E-state index in [1.54, 1.807) is 17.0 Å². The molecule has 0 saturated carbocycles. The lowest BCUT2D eigenvalue weighted by atomic mass is 9.89. The second kappa shape index (κ2) is 4.13. The quantitative estimate of drug-likeness (QED) is 0.865. The van der Waals surface area contributed by atoms with Crippen LogP contribution in [0.3, 0.4) is 0 Å². The molecule has 2 heterocycles. The largest absolute Gasteiger partial charge is 0.478 e. The first-order valence-corrected chi connectivity index (χ1v) is 6.59. The van der Waals surface area contributed by atoms with E-state index in [-0.39, 0.29) is 17.6 Å². The fraction of sp³-hybridized carbons (Fsp3) is 0.429. The zero-order valence-corrected chi connectivity index (χ0v) is 11.3. The Morgan fingerprint density at radius 1 is 1.60 bits per heavy atom. The smallest absolute Gasteiger partial charge is 0.335 e. The molecule has 20 heavy (non-hydrogen) atoms. The molecule has 2 atom stereocenters. The van der Waals surface area contributed by atoms with E-state index in [0.717, 1.165) is 5.56 Å². The van der Waals surface area contributed by atoms with Gasteiger partial charge in [-0.15, -0.1) is 0 Å². The van der Waals surface area contributed by atoms with E-state index in [2.05, 4.69) is 5.32 Å². The summed E-state index contributed by atoms with van der Waals surface area (Å²) in [4.78, 5) is 24.8. The second-order valence-corrected chi connectivity index (χ2v) is 5.29. The minimum Gasteiger partial charge on any atom is -0.478 e. The lowest BCUT2D eigenvalue weighted by Gasteiger charge is -2.50. The van der Waals surface area contributed by atoms with Crippen molar-refractivity contribution in [2.24, 2.45) is 0 Å². The van der Waals surface area contributed by atoms with Crippen LogP contribution in [0.25, 0.3) is 0 Å². The molecule has 0 unspecified atom stereocenters. The van der Waals surface area contributed by atoms with Crippen molar-refractivity contribution in [2.75, 3.05) is 6.54 Å². The number of carboxylic acids is 1. The molecular formula is C14H16N2O4. The Labute approximate surface area is 116 Å². The molecule has 2 amide bonds. The highest BCUT2D eigenvalue weighted by molar-refractivity contribution is 5.88. The van der Waals surface area contributed by atoms with Gasteiger partial charge in [-0.1, -0.05) is 0 Å². The van der Waals surface area contributed by atoms with Crippen molar-refractivity contribution in [3.05, 3.63) is 29.3 Å². The maximum atomic E-state index is 12.1. The molecule has 2 aliphatic heterocycles. The molecule has 0 aromatic heterocycles. The number of hydrogen-bond donors (Lipinski definition) is 2. The van der Waals surface area contributed by atoms with E-state index in [9.17, 15) is 9.59 Å². The van der Waals surface area contributed by atoms with E-state index in [1.807, 2.05) is 13.8 Å². The summed E-state index contributed by atoms with van der Waals surface area (Å²) in [5, 5.41) is 12.0. The molecule has 6 heteroatoms. The molecule has 2 bridgehead atoms. The molecule has 1 aromatic rings. The summed E-state index contributed by atoms with van der Waals surface area (Å²) >= 11 is 0. The number of amides is 2. The van der Waals surface area contributed by atoms with Crippen LogP contribution in [-0.2, 0) is 0 Å². The zero-order valence-electron chi connectivity index (χ0n) is 11.3. The van der Waals surface area contributed by atoms with Gasteiger partial charge in [0.25, 0.3) is 0 Å². The normalized spacial score (nSPS) is 27.4. The van der Waals surface area contributed by atoms with Gasteiger partial charge in [0.2, 0.25) is 0 Å². The van der Waals surface area contributed by atoms with Gasteiger partial charge in [0.15, 0.2) is 5.72 Å². The summed E-state index contributed by atoms with van der Waals surface area (Å²) in [6.07, 6.45) is 0.600. The van der Waals surface area contributed by atoms with Crippen LogP contribution < -0.4 is 10.1 Å². The fourth-order valence-corrected chi connectivity index (χ4v) is 3.03. The number of rotatable bonds is 2. The molecule has 106 valence electrons. The fourth-order valence-electron chi connectivity index (χ4n) is 3.03. The Hall–Kier alpha value is -2.24. The number of ether oxygens (including phenoxy) is 1. The summed E-state index contributed by atoms with van der Waals surface area (Å²) in [5.41, 5.74) is 0.244. The van der Waals surface area contributed by atoms with Crippen molar-refractivity contribution in [1.29, 1.82) is 0 Å². The highest BCUT2D eigenvalue weighted by Gasteiger charge is 2.48. The van der Waals surface area contributed by atoms with Gasteiger partial charge in [0, 0.05) is 18.5 Å². The first-order valence-electron chi connectivity index (χ1n) is 6.59. The van der Waals surface area contributed by atoms with Gasteiger partial charge in [-0.2, -0.15) is 0 Å². The van der Waals surface area contributed by atoms with Crippen molar-refractivity contribution in [3.63, 3.8) is 0 Å². The first kappa shape index (κ1) is 12.8. The number of aromatic carboxylic acids is 1. The zero-order chi connectivity index (χ0) is 14.5. The molecule has 2 N–H and O–H groups in total. The summed E-state index contributed by atoms with van der Waals surface area (Å²) in [7, 11) is 0. The van der Waals surface area contributed by atoms with Gasteiger partial charge < -0.3 is 15.2 Å². The van der Waals surface area contributed by atoms with Gasteiger partial charge in [0.05, 0.1) is 11.6 Å². The van der Waals surface area contributed by atoms with Crippen LogP contribution in [-0.4, -0.2) is 34.3 Å². The number of fused-ring (bicyclic) bond motifs is 4. The van der Waals surface area contributed by atoms with Gasteiger partial charge in [0.1, 0.15) is 5.75 Å². The minimum absolute atomic E-state index is 0.183. The molecule has 0 spiro atoms. The summed E-state index contributed by atoms with van der Waals surface area (Å²) in [6.45, 7) is 4.34. The van der Waals surface area contributed by atoms with Crippen LogP contribution in [0.15, 0.2) is 18.2 Å². The molecule has 6 nitrogen and oxygen atoms in total. The third-order valence-electron chi connectivity index (χ3n) is 3.97. The van der Waals surface area contributed by atoms with Gasteiger partial charge in [-0.25, -0.2) is 9.59 Å². The predicted molar refractivity (Wildman–Crippen MR) is 70.7 cm³/mol. The number of carboxylic acid groups (broad SMARTS) is 1. The summed E-state index contributed by atoms with van der Waals surface area (Å²) in [6, 6.07) is 4.36. The molecule has 0 radical (unpaired) electrons. The van der Waals surface area contributed by atoms with E-state index in [1.165, 1.54) is 6.07 Å². The third kappa shape index (κ3) is 1.71.